The molecule has 0 atom stereocenters. The van der Waals surface area contributed by atoms with Gasteiger partial charge in [0.1, 0.15) is 18.0 Å². The fourth-order valence-corrected chi connectivity index (χ4v) is 3.42. The van der Waals surface area contributed by atoms with Crippen LogP contribution in [0.3, 0.4) is 0 Å². The zero-order valence-corrected chi connectivity index (χ0v) is 18.1. The van der Waals surface area contributed by atoms with Gasteiger partial charge in [-0.05, 0) is 29.8 Å². The molecule has 0 fully saturated rings. The van der Waals surface area contributed by atoms with Crippen LogP contribution in [0.5, 0.6) is 0 Å². The predicted molar refractivity (Wildman–Crippen MR) is 121 cm³/mol. The third-order valence-corrected chi connectivity index (χ3v) is 5.08. The molecule has 0 unspecified atom stereocenters. The number of pyridine rings is 2. The first kappa shape index (κ1) is 23.2. The monoisotopic (exact) mass is 466 g/mol. The van der Waals surface area contributed by atoms with Gasteiger partial charge in [0.05, 0.1) is 24.5 Å². The second-order valence-electron chi connectivity index (χ2n) is 7.73. The second kappa shape index (κ2) is 10.3. The first-order valence-corrected chi connectivity index (χ1v) is 10.6. The Morgan fingerprint density at radius 2 is 1.94 bits per heavy atom. The minimum Gasteiger partial charge on any atom is -0.391 e. The topological polar surface area (TPSA) is 68.8 Å². The number of nitrogens with zero attached hydrogens (tertiary/aromatic N) is 4. The van der Waals surface area contributed by atoms with E-state index in [-0.39, 0.29) is 6.42 Å². The lowest BCUT2D eigenvalue weighted by Crippen LogP contribution is -2.12. The van der Waals surface area contributed by atoms with Gasteiger partial charge in [-0.3, -0.25) is 14.2 Å². The molecule has 0 aliphatic rings. The third-order valence-electron chi connectivity index (χ3n) is 5.08. The van der Waals surface area contributed by atoms with E-state index in [9.17, 15) is 18.0 Å². The minimum absolute atomic E-state index is 0.0414. The van der Waals surface area contributed by atoms with Crippen LogP contribution in [0.25, 0.3) is 16.9 Å². The van der Waals surface area contributed by atoms with E-state index in [2.05, 4.69) is 15.1 Å². The van der Waals surface area contributed by atoms with Gasteiger partial charge in [-0.15, -0.1) is 0 Å². The number of fused-ring (bicyclic) bond motifs is 1. The number of carbonyl (C=O) groups is 1. The quantitative estimate of drug-likeness (QED) is 0.245. The Morgan fingerprint density at radius 1 is 1.09 bits per heavy atom. The molecule has 0 saturated heterocycles. The molecule has 0 spiro atoms. The SMILES string of the molecule is O=C(CCC(F)(F)F)Cc1cccc(-c2cnc3cc(C=NOCc4cccnc4)ccn23)c1. The molecule has 0 bridgehead atoms. The molecule has 0 aliphatic heterocycles. The molecule has 0 aliphatic carbocycles. The summed E-state index contributed by atoms with van der Waals surface area (Å²) in [6.45, 7) is 0.315. The molecule has 4 rings (SSSR count). The lowest BCUT2D eigenvalue weighted by atomic mass is 10.0. The van der Waals surface area contributed by atoms with E-state index < -0.39 is 24.8 Å². The van der Waals surface area contributed by atoms with Crippen LogP contribution >= 0.6 is 0 Å². The third kappa shape index (κ3) is 6.28. The van der Waals surface area contributed by atoms with Gasteiger partial charge in [0, 0.05) is 48.1 Å². The molecule has 3 aromatic heterocycles. The van der Waals surface area contributed by atoms with Crippen LogP contribution in [0.2, 0.25) is 0 Å². The van der Waals surface area contributed by atoms with Gasteiger partial charge < -0.3 is 4.84 Å². The summed E-state index contributed by atoms with van der Waals surface area (Å²) in [5.41, 5.74) is 4.69. The first-order chi connectivity index (χ1) is 16.4. The maximum atomic E-state index is 12.4. The number of carbonyl (C=O) groups excluding carboxylic acids is 1. The fraction of sp³-hybridized carbons (Fsp3) is 0.200. The van der Waals surface area contributed by atoms with Crippen LogP contribution in [0.4, 0.5) is 13.2 Å². The number of aromatic nitrogens is 3. The van der Waals surface area contributed by atoms with E-state index in [4.69, 9.17) is 4.84 Å². The summed E-state index contributed by atoms with van der Waals surface area (Å²) < 4.78 is 39.0. The number of hydrogen-bond donors (Lipinski definition) is 0. The number of rotatable bonds is 9. The van der Waals surface area contributed by atoms with Gasteiger partial charge in [0.15, 0.2) is 0 Å². The molecule has 6 nitrogen and oxygen atoms in total. The van der Waals surface area contributed by atoms with Crippen molar-refractivity contribution in [2.45, 2.75) is 32.0 Å². The van der Waals surface area contributed by atoms with Gasteiger partial charge in [-0.2, -0.15) is 13.2 Å². The molecular weight excluding hydrogens is 445 g/mol. The van der Waals surface area contributed by atoms with Gasteiger partial charge in [0.2, 0.25) is 0 Å². The highest BCUT2D eigenvalue weighted by atomic mass is 19.4. The van der Waals surface area contributed by atoms with Crippen LogP contribution in [0.1, 0.15) is 29.5 Å². The van der Waals surface area contributed by atoms with E-state index in [1.165, 1.54) is 0 Å². The van der Waals surface area contributed by atoms with E-state index in [1.807, 2.05) is 40.9 Å². The number of ketones is 1. The lowest BCUT2D eigenvalue weighted by Gasteiger charge is -2.07. The number of Topliss-reactive ketones (excluding diaryl/α,β-unsaturated/α-hetero) is 1. The number of oxime groups is 1. The molecule has 0 N–H and O–H groups in total. The van der Waals surface area contributed by atoms with Crippen molar-refractivity contribution >= 4 is 17.6 Å². The van der Waals surface area contributed by atoms with Crippen molar-refractivity contribution in [1.82, 2.24) is 14.4 Å². The number of benzene rings is 1. The summed E-state index contributed by atoms with van der Waals surface area (Å²) in [6, 6.07) is 14.6. The Morgan fingerprint density at radius 3 is 2.74 bits per heavy atom. The second-order valence-corrected chi connectivity index (χ2v) is 7.73. The lowest BCUT2D eigenvalue weighted by molar-refractivity contribution is -0.143. The highest BCUT2D eigenvalue weighted by Crippen LogP contribution is 2.24. The Bertz CT molecular complexity index is 1300. The average Bonchev–Trinajstić information content (AvgIpc) is 3.24. The number of imidazole rings is 1. The van der Waals surface area contributed by atoms with Gasteiger partial charge >= 0.3 is 6.18 Å². The van der Waals surface area contributed by atoms with E-state index in [1.54, 1.807) is 43.0 Å². The molecule has 4 aromatic rings. The predicted octanol–water partition coefficient (Wildman–Crippen LogP) is 5.40. The van der Waals surface area contributed by atoms with E-state index in [0.717, 1.165) is 22.4 Å². The zero-order valence-electron chi connectivity index (χ0n) is 18.1. The first-order valence-electron chi connectivity index (χ1n) is 10.6. The van der Waals surface area contributed by atoms with Crippen LogP contribution in [0, 0.1) is 0 Å². The van der Waals surface area contributed by atoms with Crippen LogP contribution < -0.4 is 0 Å². The van der Waals surface area contributed by atoms with E-state index >= 15 is 0 Å². The number of hydrogen-bond acceptors (Lipinski definition) is 5. The van der Waals surface area contributed by atoms with Crippen molar-refractivity contribution in [1.29, 1.82) is 0 Å². The molecule has 0 radical (unpaired) electrons. The summed E-state index contributed by atoms with van der Waals surface area (Å²) in [5, 5.41) is 3.99. The number of alkyl halides is 3. The fourth-order valence-electron chi connectivity index (χ4n) is 3.42. The molecule has 0 amide bonds. The van der Waals surface area contributed by atoms with Gasteiger partial charge in [0.25, 0.3) is 0 Å². The molecule has 1 aromatic carbocycles. The van der Waals surface area contributed by atoms with Crippen LogP contribution in [0.15, 0.2) is 78.5 Å². The van der Waals surface area contributed by atoms with Crippen molar-refractivity contribution in [3.63, 3.8) is 0 Å². The van der Waals surface area contributed by atoms with E-state index in [0.29, 0.717) is 17.8 Å². The van der Waals surface area contributed by atoms with Gasteiger partial charge in [-0.1, -0.05) is 29.4 Å². The van der Waals surface area contributed by atoms with Crippen molar-refractivity contribution in [3.8, 4) is 11.3 Å². The highest BCUT2D eigenvalue weighted by Gasteiger charge is 2.27. The zero-order chi connectivity index (χ0) is 24.0. The number of halogens is 3. The largest absolute Gasteiger partial charge is 0.391 e. The smallest absolute Gasteiger partial charge is 0.389 e. The standard InChI is InChI=1S/C25H21F3N4O2/c26-25(27,28)8-6-22(33)12-18-3-1-5-21(11-18)23-16-30-24-13-19(7-10-32(23)24)15-31-34-17-20-4-2-9-29-14-20/h1-5,7,9-11,13-16H,6,8,12,17H2. The summed E-state index contributed by atoms with van der Waals surface area (Å²) in [6.07, 6.45) is 2.57. The van der Waals surface area contributed by atoms with Crippen molar-refractivity contribution in [2.75, 3.05) is 0 Å². The molecular formula is C25H21F3N4O2. The molecule has 34 heavy (non-hydrogen) atoms. The Kier molecular flexibility index (Phi) is 7.01. The van der Waals surface area contributed by atoms with Crippen molar-refractivity contribution < 1.29 is 22.8 Å². The Labute approximate surface area is 193 Å². The molecule has 9 heteroatoms. The minimum atomic E-state index is -4.33. The maximum Gasteiger partial charge on any atom is 0.389 e. The molecule has 174 valence electrons. The summed E-state index contributed by atoms with van der Waals surface area (Å²) in [7, 11) is 0. The Hall–Kier alpha value is -4.01. The summed E-state index contributed by atoms with van der Waals surface area (Å²) in [4.78, 5) is 25.7. The molecule has 0 saturated carbocycles. The summed E-state index contributed by atoms with van der Waals surface area (Å²) >= 11 is 0. The highest BCUT2D eigenvalue weighted by molar-refractivity contribution is 5.82. The van der Waals surface area contributed by atoms with Gasteiger partial charge in [-0.25, -0.2) is 4.98 Å². The molecule has 3 heterocycles. The average molecular weight is 466 g/mol. The van der Waals surface area contributed by atoms with Crippen LogP contribution in [-0.2, 0) is 22.7 Å². The normalized spacial score (nSPS) is 11.9. The Balaban J connectivity index is 1.43. The van der Waals surface area contributed by atoms with Crippen molar-refractivity contribution in [2.24, 2.45) is 5.16 Å². The van der Waals surface area contributed by atoms with Crippen LogP contribution in [-0.4, -0.2) is 32.5 Å². The van der Waals surface area contributed by atoms with Crippen molar-refractivity contribution in [3.05, 3.63) is 90.0 Å². The summed E-state index contributed by atoms with van der Waals surface area (Å²) in [5.74, 6) is -0.442. The maximum absolute atomic E-state index is 12.4.